The molecule has 1 aromatic carbocycles. The number of hydrogen-bond acceptors (Lipinski definition) is 3. The Balaban J connectivity index is 2.13. The van der Waals surface area contributed by atoms with Gasteiger partial charge in [0.2, 0.25) is 11.8 Å². The Bertz CT molecular complexity index is 538. The van der Waals surface area contributed by atoms with E-state index in [1.165, 1.54) is 0 Å². The molecule has 5 nitrogen and oxygen atoms in total. The molecule has 0 saturated carbocycles. The van der Waals surface area contributed by atoms with Crippen molar-refractivity contribution in [3.8, 4) is 0 Å². The van der Waals surface area contributed by atoms with Crippen LogP contribution in [0.1, 0.15) is 38.7 Å². The standard InChI is InChI=1S/C15H21N3O2/c1-3-8-15(2,16)14(20)17-11-6-4-10-5-7-13(19)18-12(10)9-11/h4,6,9H,3,5,7-8,16H2,1-2H3,(H,17,20)(H,18,19). The molecule has 1 aromatic rings. The van der Waals surface area contributed by atoms with E-state index in [1.807, 2.05) is 19.1 Å². The first-order valence-corrected chi connectivity index (χ1v) is 6.95. The maximum absolute atomic E-state index is 12.1. The molecule has 0 saturated heterocycles. The minimum atomic E-state index is -0.881. The summed E-state index contributed by atoms with van der Waals surface area (Å²) in [5.41, 5.74) is 7.63. The summed E-state index contributed by atoms with van der Waals surface area (Å²) in [6.45, 7) is 3.72. The number of nitrogens with one attached hydrogen (secondary N) is 2. The van der Waals surface area contributed by atoms with Gasteiger partial charge in [0, 0.05) is 17.8 Å². The highest BCUT2D eigenvalue weighted by atomic mass is 16.2. The van der Waals surface area contributed by atoms with Crippen LogP contribution in [0.4, 0.5) is 11.4 Å². The Morgan fingerprint density at radius 3 is 2.90 bits per heavy atom. The van der Waals surface area contributed by atoms with Crippen LogP contribution in [0.5, 0.6) is 0 Å². The molecule has 0 fully saturated rings. The number of hydrogen-bond donors (Lipinski definition) is 3. The van der Waals surface area contributed by atoms with E-state index in [2.05, 4.69) is 10.6 Å². The normalized spacial score (nSPS) is 16.9. The average molecular weight is 275 g/mol. The van der Waals surface area contributed by atoms with E-state index in [-0.39, 0.29) is 11.8 Å². The van der Waals surface area contributed by atoms with Gasteiger partial charge in [-0.1, -0.05) is 19.4 Å². The van der Waals surface area contributed by atoms with Crippen LogP contribution in [-0.2, 0) is 16.0 Å². The third-order valence-electron chi connectivity index (χ3n) is 3.55. The summed E-state index contributed by atoms with van der Waals surface area (Å²) in [5.74, 6) is -0.197. The van der Waals surface area contributed by atoms with Gasteiger partial charge in [0.1, 0.15) is 0 Å². The van der Waals surface area contributed by atoms with Gasteiger partial charge in [0.15, 0.2) is 0 Å². The molecular formula is C15H21N3O2. The molecule has 4 N–H and O–H groups in total. The van der Waals surface area contributed by atoms with Crippen LogP contribution in [0.25, 0.3) is 0 Å². The quantitative estimate of drug-likeness (QED) is 0.786. The predicted molar refractivity (Wildman–Crippen MR) is 79.5 cm³/mol. The van der Waals surface area contributed by atoms with E-state index in [4.69, 9.17) is 5.73 Å². The molecule has 0 aliphatic carbocycles. The number of fused-ring (bicyclic) bond motifs is 1. The Kier molecular flexibility index (Phi) is 4.09. The molecule has 2 amide bonds. The summed E-state index contributed by atoms with van der Waals surface area (Å²) in [6.07, 6.45) is 2.72. The van der Waals surface area contributed by atoms with Gasteiger partial charge in [-0.15, -0.1) is 0 Å². The predicted octanol–water partition coefficient (Wildman–Crippen LogP) is 2.03. The Labute approximate surface area is 118 Å². The van der Waals surface area contributed by atoms with Crippen molar-refractivity contribution in [1.29, 1.82) is 0 Å². The molecule has 1 atom stereocenters. The van der Waals surface area contributed by atoms with Crippen LogP contribution in [0, 0.1) is 0 Å². The number of carbonyl (C=O) groups is 2. The lowest BCUT2D eigenvalue weighted by Gasteiger charge is -2.23. The first-order valence-electron chi connectivity index (χ1n) is 6.95. The SMILES string of the molecule is CCCC(C)(N)C(=O)Nc1ccc2c(c1)NC(=O)CC2. The lowest BCUT2D eigenvalue weighted by Crippen LogP contribution is -2.48. The highest BCUT2D eigenvalue weighted by Crippen LogP contribution is 2.26. The van der Waals surface area contributed by atoms with Gasteiger partial charge in [-0.3, -0.25) is 9.59 Å². The fraction of sp³-hybridized carbons (Fsp3) is 0.467. The van der Waals surface area contributed by atoms with E-state index in [9.17, 15) is 9.59 Å². The molecule has 108 valence electrons. The van der Waals surface area contributed by atoms with Crippen molar-refractivity contribution in [1.82, 2.24) is 0 Å². The number of amides is 2. The monoisotopic (exact) mass is 275 g/mol. The Morgan fingerprint density at radius 1 is 1.45 bits per heavy atom. The number of aryl methyl sites for hydroxylation is 1. The maximum Gasteiger partial charge on any atom is 0.244 e. The molecule has 0 aromatic heterocycles. The molecule has 5 heteroatoms. The number of benzene rings is 1. The zero-order valence-electron chi connectivity index (χ0n) is 12.0. The van der Waals surface area contributed by atoms with Crippen LogP contribution in [0.15, 0.2) is 18.2 Å². The summed E-state index contributed by atoms with van der Waals surface area (Å²) in [6, 6.07) is 5.56. The smallest absolute Gasteiger partial charge is 0.244 e. The summed E-state index contributed by atoms with van der Waals surface area (Å²) in [7, 11) is 0. The molecule has 1 heterocycles. The van der Waals surface area contributed by atoms with Crippen molar-refractivity contribution in [2.75, 3.05) is 10.6 Å². The number of nitrogens with two attached hydrogens (primary N) is 1. The molecule has 0 bridgehead atoms. The van der Waals surface area contributed by atoms with Crippen molar-refractivity contribution < 1.29 is 9.59 Å². The van der Waals surface area contributed by atoms with Crippen molar-refractivity contribution >= 4 is 23.2 Å². The van der Waals surface area contributed by atoms with Gasteiger partial charge in [-0.25, -0.2) is 0 Å². The number of carbonyl (C=O) groups excluding carboxylic acids is 2. The van der Waals surface area contributed by atoms with Crippen molar-refractivity contribution in [2.24, 2.45) is 5.73 Å². The summed E-state index contributed by atoms with van der Waals surface area (Å²) in [5, 5.41) is 5.63. The zero-order valence-corrected chi connectivity index (χ0v) is 12.0. The summed E-state index contributed by atoms with van der Waals surface area (Å²) in [4.78, 5) is 23.5. The summed E-state index contributed by atoms with van der Waals surface area (Å²) < 4.78 is 0. The van der Waals surface area contributed by atoms with E-state index >= 15 is 0 Å². The first-order chi connectivity index (χ1) is 9.42. The molecule has 2 rings (SSSR count). The maximum atomic E-state index is 12.1. The van der Waals surface area contributed by atoms with Gasteiger partial charge in [0.05, 0.1) is 5.54 Å². The first kappa shape index (κ1) is 14.5. The number of anilines is 2. The zero-order chi connectivity index (χ0) is 14.8. The highest BCUT2D eigenvalue weighted by Gasteiger charge is 2.27. The molecule has 1 aliphatic rings. The van der Waals surface area contributed by atoms with Gasteiger partial charge < -0.3 is 16.4 Å². The fourth-order valence-electron chi connectivity index (χ4n) is 2.36. The van der Waals surface area contributed by atoms with E-state index in [0.29, 0.717) is 18.5 Å². The topological polar surface area (TPSA) is 84.2 Å². The molecule has 1 aliphatic heterocycles. The van der Waals surface area contributed by atoms with E-state index < -0.39 is 5.54 Å². The van der Waals surface area contributed by atoms with Gasteiger partial charge in [0.25, 0.3) is 0 Å². The molecule has 20 heavy (non-hydrogen) atoms. The third kappa shape index (κ3) is 3.17. The molecule has 0 radical (unpaired) electrons. The van der Waals surface area contributed by atoms with E-state index in [0.717, 1.165) is 24.1 Å². The second kappa shape index (κ2) is 5.63. The minimum Gasteiger partial charge on any atom is -0.326 e. The summed E-state index contributed by atoms with van der Waals surface area (Å²) >= 11 is 0. The second-order valence-corrected chi connectivity index (χ2v) is 5.54. The van der Waals surface area contributed by atoms with Gasteiger partial charge >= 0.3 is 0 Å². The Morgan fingerprint density at radius 2 is 2.20 bits per heavy atom. The van der Waals surface area contributed by atoms with E-state index in [1.54, 1.807) is 13.0 Å². The van der Waals surface area contributed by atoms with Gasteiger partial charge in [-0.05, 0) is 37.5 Å². The average Bonchev–Trinajstić information content (AvgIpc) is 2.38. The van der Waals surface area contributed by atoms with Crippen LogP contribution >= 0.6 is 0 Å². The largest absolute Gasteiger partial charge is 0.326 e. The van der Waals surface area contributed by atoms with Crippen LogP contribution < -0.4 is 16.4 Å². The Hall–Kier alpha value is -1.88. The molecule has 0 spiro atoms. The molecular weight excluding hydrogens is 254 g/mol. The number of rotatable bonds is 4. The fourth-order valence-corrected chi connectivity index (χ4v) is 2.36. The lowest BCUT2D eigenvalue weighted by atomic mass is 9.96. The minimum absolute atomic E-state index is 0.00984. The van der Waals surface area contributed by atoms with Crippen molar-refractivity contribution in [3.05, 3.63) is 23.8 Å². The highest BCUT2D eigenvalue weighted by molar-refractivity contribution is 5.99. The van der Waals surface area contributed by atoms with Crippen molar-refractivity contribution in [3.63, 3.8) is 0 Å². The lowest BCUT2D eigenvalue weighted by molar-refractivity contribution is -0.121. The van der Waals surface area contributed by atoms with Crippen LogP contribution in [-0.4, -0.2) is 17.4 Å². The third-order valence-corrected chi connectivity index (χ3v) is 3.55. The van der Waals surface area contributed by atoms with Crippen molar-refractivity contribution in [2.45, 2.75) is 45.1 Å². The second-order valence-electron chi connectivity index (χ2n) is 5.54. The van der Waals surface area contributed by atoms with Crippen LogP contribution in [0.3, 0.4) is 0 Å². The van der Waals surface area contributed by atoms with Gasteiger partial charge in [-0.2, -0.15) is 0 Å². The van der Waals surface area contributed by atoms with Crippen LogP contribution in [0.2, 0.25) is 0 Å². The molecule has 1 unspecified atom stereocenters.